The van der Waals surface area contributed by atoms with Crippen molar-refractivity contribution in [1.29, 1.82) is 0 Å². The van der Waals surface area contributed by atoms with Crippen LogP contribution in [0.1, 0.15) is 0 Å². The molecule has 48 valence electrons. The molecule has 0 aliphatic rings. The molecule has 0 heterocycles. The van der Waals surface area contributed by atoms with Crippen molar-refractivity contribution >= 4 is 24.8 Å². The highest BCUT2D eigenvalue weighted by Crippen LogP contribution is 1.26. The number of rotatable bonds is 0. The highest BCUT2D eigenvalue weighted by Gasteiger charge is 1.08. The Morgan fingerprint density at radius 1 is 0.875 bits per heavy atom. The normalized spacial score (nSPS) is 2.00. The van der Waals surface area contributed by atoms with Crippen LogP contribution in [-0.4, -0.2) is 14.1 Å². The van der Waals surface area contributed by atoms with Crippen LogP contribution in [0.3, 0.4) is 0 Å². The number of nitrogens with zero attached hydrogens (tertiary/aromatic N) is 2. The Bertz CT molecular complexity index is 67.0. The Morgan fingerprint density at radius 2 is 0.875 bits per heavy atom. The van der Waals surface area contributed by atoms with Crippen LogP contribution in [-0.2, 0) is 0 Å². The first kappa shape index (κ1) is 25.7. The number of hydrogen-bond acceptors (Lipinski definition) is 0. The van der Waals surface area contributed by atoms with E-state index in [9.17, 15) is 0 Å². The zero-order valence-corrected chi connectivity index (χ0v) is 6.34. The summed E-state index contributed by atoms with van der Waals surface area (Å²) in [6.45, 7) is 11.7. The van der Waals surface area contributed by atoms with Crippen LogP contribution in [0.15, 0.2) is 0 Å². The minimum Gasteiger partial charge on any atom is -0.320 e. The third-order valence-corrected chi connectivity index (χ3v) is 0. The SMILES string of the molecule is Cl.Cl.[C-]#[N+]C.[C-]#[N+]C. The molecule has 0 amide bonds. The molecule has 0 rings (SSSR count). The number of halogens is 2. The molecule has 2 nitrogen and oxygen atoms in total. The molecule has 0 radical (unpaired) electrons. The lowest BCUT2D eigenvalue weighted by Crippen LogP contribution is -1.10. The maximum absolute atomic E-state index is 5.83. The minimum absolute atomic E-state index is 0. The Labute approximate surface area is 62.4 Å². The van der Waals surface area contributed by atoms with Gasteiger partial charge in [0, 0.05) is 0 Å². The summed E-state index contributed by atoms with van der Waals surface area (Å²) in [5.41, 5.74) is 0. The maximum Gasteiger partial charge on any atom is 0.205 e. The molecular weight excluding hydrogens is 147 g/mol. The first-order valence-electron chi connectivity index (χ1n) is 1.34. The summed E-state index contributed by atoms with van der Waals surface area (Å²) < 4.78 is 0. The van der Waals surface area contributed by atoms with Crippen molar-refractivity contribution in [3.63, 3.8) is 0 Å². The van der Waals surface area contributed by atoms with Crippen molar-refractivity contribution in [1.82, 2.24) is 0 Å². The van der Waals surface area contributed by atoms with Gasteiger partial charge in [-0.3, -0.25) is 0 Å². The third kappa shape index (κ3) is 597. The van der Waals surface area contributed by atoms with Crippen LogP contribution < -0.4 is 0 Å². The van der Waals surface area contributed by atoms with Crippen molar-refractivity contribution in [3.05, 3.63) is 22.8 Å². The molecule has 0 fully saturated rings. The van der Waals surface area contributed by atoms with E-state index >= 15 is 0 Å². The molecule has 0 bridgehead atoms. The Balaban J connectivity index is -0.0000000160. The zero-order valence-electron chi connectivity index (χ0n) is 4.71. The van der Waals surface area contributed by atoms with Gasteiger partial charge in [0.05, 0.1) is 0 Å². The summed E-state index contributed by atoms with van der Waals surface area (Å²) in [6.07, 6.45) is 0. The van der Waals surface area contributed by atoms with Crippen LogP contribution in [0, 0.1) is 13.1 Å². The molecule has 8 heavy (non-hydrogen) atoms. The predicted octanol–water partition coefficient (Wildman–Crippen LogP) is 1.91. The molecule has 0 spiro atoms. The summed E-state index contributed by atoms with van der Waals surface area (Å²) >= 11 is 0. The Kier molecular flexibility index (Phi) is 267. The second-order valence-corrected chi connectivity index (χ2v) is 0.447. The average molecular weight is 155 g/mol. The molecule has 0 atom stereocenters. The van der Waals surface area contributed by atoms with E-state index in [1.165, 1.54) is 14.1 Å². The van der Waals surface area contributed by atoms with Crippen molar-refractivity contribution in [2.45, 2.75) is 0 Å². The van der Waals surface area contributed by atoms with Crippen LogP contribution in [0.25, 0.3) is 9.69 Å². The van der Waals surface area contributed by atoms with Crippen molar-refractivity contribution in [3.8, 4) is 0 Å². The topological polar surface area (TPSA) is 8.72 Å². The van der Waals surface area contributed by atoms with Crippen molar-refractivity contribution in [2.75, 3.05) is 14.1 Å². The molecule has 0 N–H and O–H groups in total. The first-order valence-corrected chi connectivity index (χ1v) is 1.34. The second kappa shape index (κ2) is 83.3. The highest BCUT2D eigenvalue weighted by molar-refractivity contribution is 5.85. The average Bonchev–Trinajstić information content (AvgIpc) is 1.39. The van der Waals surface area contributed by atoms with Gasteiger partial charge >= 0.3 is 0 Å². The smallest absolute Gasteiger partial charge is 0.205 e. The lowest BCUT2D eigenvalue weighted by molar-refractivity contribution is 1.92. The second-order valence-electron chi connectivity index (χ2n) is 0.447. The third-order valence-electron chi connectivity index (χ3n) is 0. The monoisotopic (exact) mass is 154 g/mol. The fourth-order valence-electron chi connectivity index (χ4n) is 0. The van der Waals surface area contributed by atoms with Crippen LogP contribution in [0.2, 0.25) is 0 Å². The summed E-state index contributed by atoms with van der Waals surface area (Å²) in [5.74, 6) is 0. The molecule has 0 unspecified atom stereocenters. The highest BCUT2D eigenvalue weighted by atomic mass is 35.5. The molecule has 0 aromatic carbocycles. The quantitative estimate of drug-likeness (QED) is 0.472. The lowest BCUT2D eigenvalue weighted by atomic mass is 11.5. The van der Waals surface area contributed by atoms with E-state index < -0.39 is 0 Å². The minimum atomic E-state index is 0. The molecule has 0 saturated heterocycles. The fourth-order valence-corrected chi connectivity index (χ4v) is 0. The lowest BCUT2D eigenvalue weighted by Gasteiger charge is -1.30. The molecule has 0 saturated carbocycles. The molecule has 0 aromatic rings. The van der Waals surface area contributed by atoms with E-state index in [2.05, 4.69) is 9.69 Å². The van der Waals surface area contributed by atoms with Crippen LogP contribution >= 0.6 is 24.8 Å². The van der Waals surface area contributed by atoms with E-state index in [-0.39, 0.29) is 24.8 Å². The Hall–Kier alpha value is -0.440. The summed E-state index contributed by atoms with van der Waals surface area (Å²) in [5, 5.41) is 0. The van der Waals surface area contributed by atoms with Crippen molar-refractivity contribution < 1.29 is 0 Å². The first-order chi connectivity index (χ1) is 2.83. The fraction of sp³-hybridized carbons (Fsp3) is 0.500. The summed E-state index contributed by atoms with van der Waals surface area (Å²) in [4.78, 5) is 5.50. The maximum atomic E-state index is 5.83. The molecule has 4 heteroatoms. The Morgan fingerprint density at radius 3 is 0.875 bits per heavy atom. The van der Waals surface area contributed by atoms with E-state index in [1.807, 2.05) is 0 Å². The molecular formula is C4H8Cl2N2. The summed E-state index contributed by atoms with van der Waals surface area (Å²) in [6, 6.07) is 0. The van der Waals surface area contributed by atoms with Gasteiger partial charge in [0.1, 0.15) is 0 Å². The van der Waals surface area contributed by atoms with Crippen LogP contribution in [0.4, 0.5) is 0 Å². The van der Waals surface area contributed by atoms with Gasteiger partial charge in [0.15, 0.2) is 0 Å². The van der Waals surface area contributed by atoms with Gasteiger partial charge in [-0.1, -0.05) is 0 Å². The number of hydrogen-bond donors (Lipinski definition) is 0. The van der Waals surface area contributed by atoms with Gasteiger partial charge in [-0.2, -0.15) is 0 Å². The standard InChI is InChI=1S/2C2H3N.2ClH/c2*1-3-2;;/h2*1H3;2*1H. The van der Waals surface area contributed by atoms with Gasteiger partial charge in [-0.25, -0.2) is 13.1 Å². The summed E-state index contributed by atoms with van der Waals surface area (Å²) in [7, 11) is 2.83. The van der Waals surface area contributed by atoms with E-state index in [0.717, 1.165) is 0 Å². The van der Waals surface area contributed by atoms with E-state index in [0.29, 0.717) is 0 Å². The molecule has 0 aliphatic heterocycles. The van der Waals surface area contributed by atoms with E-state index in [1.54, 1.807) is 0 Å². The van der Waals surface area contributed by atoms with E-state index in [4.69, 9.17) is 13.1 Å². The molecule has 0 aliphatic carbocycles. The van der Waals surface area contributed by atoms with Gasteiger partial charge in [0.25, 0.3) is 0 Å². The van der Waals surface area contributed by atoms with Gasteiger partial charge in [-0.15, -0.1) is 24.8 Å². The van der Waals surface area contributed by atoms with Gasteiger partial charge in [0.2, 0.25) is 14.1 Å². The largest absolute Gasteiger partial charge is 0.320 e. The van der Waals surface area contributed by atoms with Gasteiger partial charge in [-0.05, 0) is 0 Å². The van der Waals surface area contributed by atoms with Crippen LogP contribution in [0.5, 0.6) is 0 Å². The zero-order chi connectivity index (χ0) is 5.41. The van der Waals surface area contributed by atoms with Gasteiger partial charge < -0.3 is 9.69 Å². The predicted molar refractivity (Wildman–Crippen MR) is 39.5 cm³/mol. The van der Waals surface area contributed by atoms with Crippen molar-refractivity contribution in [2.24, 2.45) is 0 Å². The molecule has 0 aromatic heterocycles.